The lowest BCUT2D eigenvalue weighted by Gasteiger charge is -2.34. The second kappa shape index (κ2) is 7.82. The number of carbonyl (C=O) groups is 1. The number of hydrogen-bond acceptors (Lipinski definition) is 5. The number of carbonyl (C=O) groups excluding carboxylic acids is 1. The van der Waals surface area contributed by atoms with E-state index >= 15 is 0 Å². The molecule has 0 spiro atoms. The van der Waals surface area contributed by atoms with Crippen molar-refractivity contribution >= 4 is 17.8 Å². The molecule has 136 valence electrons. The molecule has 1 amide bonds. The van der Waals surface area contributed by atoms with Crippen LogP contribution >= 0.6 is 0 Å². The van der Waals surface area contributed by atoms with E-state index in [0.717, 1.165) is 24.5 Å². The third-order valence-electron chi connectivity index (χ3n) is 4.51. The van der Waals surface area contributed by atoms with Crippen LogP contribution in [-0.2, 0) is 4.79 Å². The van der Waals surface area contributed by atoms with Crippen molar-refractivity contribution in [2.75, 3.05) is 31.1 Å². The van der Waals surface area contributed by atoms with Crippen LogP contribution in [0.4, 0.5) is 5.82 Å². The molecule has 7 heteroatoms. The van der Waals surface area contributed by atoms with Crippen LogP contribution in [0.1, 0.15) is 5.56 Å². The molecule has 1 aliphatic heterocycles. The molecule has 0 aliphatic carbocycles. The first-order valence-electron chi connectivity index (χ1n) is 8.90. The van der Waals surface area contributed by atoms with Crippen LogP contribution in [0, 0.1) is 0 Å². The highest BCUT2D eigenvalue weighted by Gasteiger charge is 2.20. The van der Waals surface area contributed by atoms with E-state index in [1.165, 1.54) is 0 Å². The third kappa shape index (κ3) is 4.03. The van der Waals surface area contributed by atoms with Crippen LogP contribution in [0.25, 0.3) is 11.9 Å². The van der Waals surface area contributed by atoms with Crippen LogP contribution in [0.5, 0.6) is 0 Å². The lowest BCUT2D eigenvalue weighted by Crippen LogP contribution is -2.48. The van der Waals surface area contributed by atoms with Crippen LogP contribution < -0.4 is 4.90 Å². The van der Waals surface area contributed by atoms with E-state index in [1.807, 2.05) is 65.7 Å². The first-order valence-corrected chi connectivity index (χ1v) is 8.90. The van der Waals surface area contributed by atoms with Crippen molar-refractivity contribution in [3.8, 4) is 5.82 Å². The summed E-state index contributed by atoms with van der Waals surface area (Å²) < 4.78 is 1.67. The van der Waals surface area contributed by atoms with Crippen LogP contribution in [0.15, 0.2) is 67.0 Å². The van der Waals surface area contributed by atoms with Gasteiger partial charge in [0.25, 0.3) is 0 Å². The molecule has 1 saturated heterocycles. The molecule has 0 bridgehead atoms. The maximum Gasteiger partial charge on any atom is 0.246 e. The first-order chi connectivity index (χ1) is 13.3. The zero-order valence-electron chi connectivity index (χ0n) is 14.8. The molecule has 7 nitrogen and oxygen atoms in total. The highest BCUT2D eigenvalue weighted by molar-refractivity contribution is 5.91. The molecule has 1 aliphatic rings. The number of nitrogens with zero attached hydrogens (tertiary/aromatic N) is 6. The number of hydrogen-bond donors (Lipinski definition) is 0. The second-order valence-electron chi connectivity index (χ2n) is 6.26. The molecular weight excluding hydrogens is 340 g/mol. The first kappa shape index (κ1) is 17.0. The van der Waals surface area contributed by atoms with E-state index in [9.17, 15) is 4.79 Å². The smallest absolute Gasteiger partial charge is 0.246 e. The van der Waals surface area contributed by atoms with Gasteiger partial charge in [0, 0.05) is 44.6 Å². The van der Waals surface area contributed by atoms with Gasteiger partial charge in [-0.25, -0.2) is 4.68 Å². The van der Waals surface area contributed by atoms with Gasteiger partial charge < -0.3 is 9.80 Å². The predicted molar refractivity (Wildman–Crippen MR) is 103 cm³/mol. The summed E-state index contributed by atoms with van der Waals surface area (Å²) in [4.78, 5) is 16.4. The molecule has 0 radical (unpaired) electrons. The Bertz CT molecular complexity index is 897. The number of rotatable bonds is 4. The number of anilines is 1. The predicted octanol–water partition coefficient (Wildman–Crippen LogP) is 2.02. The lowest BCUT2D eigenvalue weighted by molar-refractivity contribution is -0.126. The van der Waals surface area contributed by atoms with E-state index in [1.54, 1.807) is 17.0 Å². The standard InChI is InChI=1S/C20H20N6O/c27-20(10-7-17-5-2-1-3-6-17)25-15-13-24(14-16-25)18-8-9-19(23-22-18)26-12-4-11-21-26/h1-12H,13-16H2/b10-7+. The molecule has 3 aromatic rings. The lowest BCUT2D eigenvalue weighted by atomic mass is 10.2. The Hall–Kier alpha value is -3.48. The highest BCUT2D eigenvalue weighted by atomic mass is 16.2. The molecule has 3 heterocycles. The Balaban J connectivity index is 1.33. The summed E-state index contributed by atoms with van der Waals surface area (Å²) in [6.07, 6.45) is 7.03. The molecule has 0 atom stereocenters. The van der Waals surface area contributed by atoms with Crippen LogP contribution in [0.2, 0.25) is 0 Å². The van der Waals surface area contributed by atoms with Crippen molar-refractivity contribution in [3.05, 3.63) is 72.6 Å². The summed E-state index contributed by atoms with van der Waals surface area (Å²) in [5, 5.41) is 12.7. The molecule has 4 rings (SSSR count). The van der Waals surface area contributed by atoms with E-state index in [2.05, 4.69) is 20.2 Å². The second-order valence-corrected chi connectivity index (χ2v) is 6.26. The molecule has 0 N–H and O–H groups in total. The van der Waals surface area contributed by atoms with Crippen molar-refractivity contribution in [3.63, 3.8) is 0 Å². The molecule has 0 unspecified atom stereocenters. The van der Waals surface area contributed by atoms with E-state index in [0.29, 0.717) is 18.9 Å². The van der Waals surface area contributed by atoms with Crippen LogP contribution in [-0.4, -0.2) is 57.0 Å². The fourth-order valence-electron chi connectivity index (χ4n) is 3.01. The molecule has 1 aromatic carbocycles. The minimum atomic E-state index is 0.0404. The minimum absolute atomic E-state index is 0.0404. The van der Waals surface area contributed by atoms with E-state index in [-0.39, 0.29) is 5.91 Å². The Morgan fingerprint density at radius 2 is 1.63 bits per heavy atom. The summed E-state index contributed by atoms with van der Waals surface area (Å²) in [6.45, 7) is 2.81. The average molecular weight is 360 g/mol. The summed E-state index contributed by atoms with van der Waals surface area (Å²) in [7, 11) is 0. The topological polar surface area (TPSA) is 67.2 Å². The third-order valence-corrected chi connectivity index (χ3v) is 4.51. The van der Waals surface area contributed by atoms with Crippen molar-refractivity contribution in [1.29, 1.82) is 0 Å². The molecule has 2 aromatic heterocycles. The fourth-order valence-corrected chi connectivity index (χ4v) is 3.01. The van der Waals surface area contributed by atoms with Crippen molar-refractivity contribution in [1.82, 2.24) is 24.9 Å². The summed E-state index contributed by atoms with van der Waals surface area (Å²) in [5.74, 6) is 1.54. The van der Waals surface area contributed by atoms with Gasteiger partial charge in [-0.15, -0.1) is 10.2 Å². The Labute approximate surface area is 157 Å². The van der Waals surface area contributed by atoms with Gasteiger partial charge in [-0.2, -0.15) is 5.10 Å². The zero-order valence-corrected chi connectivity index (χ0v) is 14.8. The van der Waals surface area contributed by atoms with Gasteiger partial charge in [-0.3, -0.25) is 4.79 Å². The van der Waals surface area contributed by atoms with Gasteiger partial charge in [-0.05, 0) is 29.8 Å². The normalized spacial score (nSPS) is 14.7. The van der Waals surface area contributed by atoms with Crippen molar-refractivity contribution in [2.24, 2.45) is 0 Å². The van der Waals surface area contributed by atoms with Crippen molar-refractivity contribution in [2.45, 2.75) is 0 Å². The van der Waals surface area contributed by atoms with E-state index in [4.69, 9.17) is 0 Å². The largest absolute Gasteiger partial charge is 0.352 e. The number of aromatic nitrogens is 4. The van der Waals surface area contributed by atoms with Gasteiger partial charge in [0.15, 0.2) is 11.6 Å². The zero-order chi connectivity index (χ0) is 18.5. The van der Waals surface area contributed by atoms with E-state index < -0.39 is 0 Å². The summed E-state index contributed by atoms with van der Waals surface area (Å²) in [6, 6.07) is 15.5. The fraction of sp³-hybridized carbons (Fsp3) is 0.200. The Morgan fingerprint density at radius 1 is 0.889 bits per heavy atom. The minimum Gasteiger partial charge on any atom is -0.352 e. The molecule has 0 saturated carbocycles. The quantitative estimate of drug-likeness (QED) is 0.666. The maximum atomic E-state index is 12.4. The monoisotopic (exact) mass is 360 g/mol. The van der Waals surface area contributed by atoms with Gasteiger partial charge in [-0.1, -0.05) is 30.3 Å². The Morgan fingerprint density at radius 3 is 2.30 bits per heavy atom. The summed E-state index contributed by atoms with van der Waals surface area (Å²) in [5.41, 5.74) is 1.03. The number of piperazine rings is 1. The van der Waals surface area contributed by atoms with Gasteiger partial charge in [0.1, 0.15) is 0 Å². The van der Waals surface area contributed by atoms with Crippen molar-refractivity contribution < 1.29 is 4.79 Å². The average Bonchev–Trinajstić information content (AvgIpc) is 3.28. The van der Waals surface area contributed by atoms with Gasteiger partial charge >= 0.3 is 0 Å². The SMILES string of the molecule is O=C(/C=C/c1ccccc1)N1CCN(c2ccc(-n3cccn3)nn2)CC1. The maximum absolute atomic E-state index is 12.4. The Kier molecular flexibility index (Phi) is 4.91. The highest BCUT2D eigenvalue weighted by Crippen LogP contribution is 2.14. The van der Waals surface area contributed by atoms with Gasteiger partial charge in [0.05, 0.1) is 0 Å². The van der Waals surface area contributed by atoms with Gasteiger partial charge in [0.2, 0.25) is 5.91 Å². The number of amides is 1. The molecule has 27 heavy (non-hydrogen) atoms. The molecular formula is C20H20N6O. The van der Waals surface area contributed by atoms with Crippen LogP contribution in [0.3, 0.4) is 0 Å². The number of benzene rings is 1. The summed E-state index contributed by atoms with van der Waals surface area (Å²) >= 11 is 0. The molecule has 1 fully saturated rings.